The van der Waals surface area contributed by atoms with Gasteiger partial charge in [-0.05, 0) is 46.6 Å². The van der Waals surface area contributed by atoms with Crippen molar-refractivity contribution in [1.82, 2.24) is 0 Å². The molecule has 1 heteroatoms. The molecule has 0 amide bonds. The van der Waals surface area contributed by atoms with Crippen LogP contribution < -0.4 is 0 Å². The van der Waals surface area contributed by atoms with E-state index in [1.54, 1.807) is 0 Å². The van der Waals surface area contributed by atoms with Crippen LogP contribution in [0.1, 0.15) is 65.8 Å². The summed E-state index contributed by atoms with van der Waals surface area (Å²) in [7, 11) is 0. The van der Waals surface area contributed by atoms with Crippen LogP contribution in [0.3, 0.4) is 0 Å². The third-order valence-electron chi connectivity index (χ3n) is 5.84. The van der Waals surface area contributed by atoms with E-state index in [2.05, 4.69) is 60.7 Å². The van der Waals surface area contributed by atoms with Crippen LogP contribution in [-0.4, -0.2) is 5.11 Å². The number of benzene rings is 3. The van der Waals surface area contributed by atoms with Crippen LogP contribution in [0.4, 0.5) is 0 Å². The minimum atomic E-state index is 0.474. The molecule has 0 aliphatic heterocycles. The number of phenols is 1. The van der Waals surface area contributed by atoms with E-state index in [9.17, 15) is 5.11 Å². The summed E-state index contributed by atoms with van der Waals surface area (Å²) in [5.41, 5.74) is 6.05. The molecule has 138 valence electrons. The van der Waals surface area contributed by atoms with Crippen LogP contribution in [0.25, 0.3) is 0 Å². The van der Waals surface area contributed by atoms with Gasteiger partial charge in [-0.25, -0.2) is 0 Å². The molecule has 0 radical (unpaired) electrons. The molecule has 1 saturated carbocycles. The quantitative estimate of drug-likeness (QED) is 0.544. The maximum atomic E-state index is 11.0. The van der Waals surface area contributed by atoms with Crippen LogP contribution in [0.15, 0.2) is 72.8 Å². The molecule has 0 saturated heterocycles. The minimum absolute atomic E-state index is 0.474. The molecule has 1 N–H and O–H groups in total. The van der Waals surface area contributed by atoms with Gasteiger partial charge in [-0.15, -0.1) is 0 Å². The van der Waals surface area contributed by atoms with Gasteiger partial charge in [0.05, 0.1) is 0 Å². The van der Waals surface area contributed by atoms with E-state index in [4.69, 9.17) is 0 Å². The zero-order valence-electron chi connectivity index (χ0n) is 15.9. The van der Waals surface area contributed by atoms with Crippen molar-refractivity contribution in [3.05, 3.63) is 101 Å². The van der Waals surface area contributed by atoms with Gasteiger partial charge in [-0.1, -0.05) is 92.1 Å². The molecule has 0 atom stereocenters. The van der Waals surface area contributed by atoms with Gasteiger partial charge in [0.25, 0.3) is 0 Å². The average molecular weight is 357 g/mol. The van der Waals surface area contributed by atoms with Crippen molar-refractivity contribution < 1.29 is 5.11 Å². The Balaban J connectivity index is 1.70. The summed E-state index contributed by atoms with van der Waals surface area (Å²) < 4.78 is 0. The summed E-state index contributed by atoms with van der Waals surface area (Å²) in [6, 6.07) is 25.5. The first-order chi connectivity index (χ1) is 13.3. The maximum Gasteiger partial charge on any atom is 0.122 e. The Bertz CT molecular complexity index is 799. The monoisotopic (exact) mass is 356 g/mol. The van der Waals surface area contributed by atoms with E-state index >= 15 is 0 Å². The summed E-state index contributed by atoms with van der Waals surface area (Å²) >= 11 is 0. The fourth-order valence-electron chi connectivity index (χ4n) is 4.36. The van der Waals surface area contributed by atoms with Crippen LogP contribution in [-0.2, 0) is 12.8 Å². The molecule has 0 spiro atoms. The third kappa shape index (κ3) is 4.42. The average Bonchev–Trinajstić information content (AvgIpc) is 2.73. The third-order valence-corrected chi connectivity index (χ3v) is 5.84. The largest absolute Gasteiger partial charge is 0.507 e. The van der Waals surface area contributed by atoms with E-state index in [1.807, 2.05) is 12.1 Å². The molecule has 0 unspecified atom stereocenters. The first-order valence-corrected chi connectivity index (χ1v) is 10.2. The van der Waals surface area contributed by atoms with Gasteiger partial charge in [0, 0.05) is 12.8 Å². The number of aromatic hydroxyl groups is 1. The second-order valence-electron chi connectivity index (χ2n) is 7.85. The van der Waals surface area contributed by atoms with Crippen molar-refractivity contribution in [3.63, 3.8) is 0 Å². The fraction of sp³-hybridized carbons (Fsp3) is 0.308. The number of hydrogen-bond acceptors (Lipinski definition) is 1. The van der Waals surface area contributed by atoms with Gasteiger partial charge in [0.2, 0.25) is 0 Å². The molecule has 1 aliphatic rings. The Hall–Kier alpha value is -2.54. The first kappa shape index (κ1) is 17.9. The second-order valence-corrected chi connectivity index (χ2v) is 7.85. The van der Waals surface area contributed by atoms with Crippen LogP contribution >= 0.6 is 0 Å². The number of rotatable bonds is 5. The molecular formula is C26H28O. The number of hydrogen-bond donors (Lipinski definition) is 1. The van der Waals surface area contributed by atoms with Crippen LogP contribution in [0.5, 0.6) is 5.75 Å². The van der Waals surface area contributed by atoms with E-state index in [-0.39, 0.29) is 0 Å². The molecule has 1 aliphatic carbocycles. The summed E-state index contributed by atoms with van der Waals surface area (Å²) in [4.78, 5) is 0. The van der Waals surface area contributed by atoms with E-state index in [0.29, 0.717) is 11.7 Å². The molecule has 1 nitrogen and oxygen atoms in total. The van der Waals surface area contributed by atoms with Crippen molar-refractivity contribution in [2.45, 2.75) is 50.9 Å². The minimum Gasteiger partial charge on any atom is -0.507 e. The smallest absolute Gasteiger partial charge is 0.122 e. The van der Waals surface area contributed by atoms with E-state index < -0.39 is 0 Å². The molecule has 3 aromatic rings. The molecule has 0 bridgehead atoms. The van der Waals surface area contributed by atoms with Crippen molar-refractivity contribution in [1.29, 1.82) is 0 Å². The Morgan fingerprint density at radius 2 is 1.15 bits per heavy atom. The molecule has 4 rings (SSSR count). The Morgan fingerprint density at radius 1 is 0.667 bits per heavy atom. The van der Waals surface area contributed by atoms with E-state index in [1.165, 1.54) is 48.8 Å². The molecule has 1 fully saturated rings. The Labute approximate surface area is 162 Å². The lowest BCUT2D eigenvalue weighted by molar-refractivity contribution is 0.439. The lowest BCUT2D eigenvalue weighted by Gasteiger charge is -2.24. The van der Waals surface area contributed by atoms with Gasteiger partial charge in [0.15, 0.2) is 0 Å². The van der Waals surface area contributed by atoms with Gasteiger partial charge in [-0.3, -0.25) is 0 Å². The topological polar surface area (TPSA) is 20.2 Å². The molecule has 0 heterocycles. The number of phenolic OH excluding ortho intramolecular Hbond substituents is 1. The predicted octanol–water partition coefficient (Wildman–Crippen LogP) is 6.62. The molecule has 27 heavy (non-hydrogen) atoms. The van der Waals surface area contributed by atoms with Gasteiger partial charge in [-0.2, -0.15) is 0 Å². The van der Waals surface area contributed by atoms with Crippen molar-refractivity contribution in [2.24, 2.45) is 0 Å². The van der Waals surface area contributed by atoms with Gasteiger partial charge >= 0.3 is 0 Å². The first-order valence-electron chi connectivity index (χ1n) is 10.2. The van der Waals surface area contributed by atoms with E-state index in [0.717, 1.165) is 24.0 Å². The SMILES string of the molecule is Oc1c(Cc2ccccc2)cc(C2CCCCC2)cc1Cc1ccccc1. The summed E-state index contributed by atoms with van der Waals surface area (Å²) in [5, 5.41) is 11.0. The standard InChI is InChI=1S/C26H28O/c27-26-24(16-20-10-4-1-5-11-20)18-23(22-14-8-3-9-15-22)19-25(26)17-21-12-6-2-7-13-21/h1-2,4-7,10-13,18-19,22,27H,3,8-9,14-17H2. The predicted molar refractivity (Wildman–Crippen MR) is 112 cm³/mol. The zero-order valence-corrected chi connectivity index (χ0v) is 15.9. The summed E-state index contributed by atoms with van der Waals surface area (Å²) in [5.74, 6) is 1.12. The van der Waals surface area contributed by atoms with Crippen molar-refractivity contribution >= 4 is 0 Å². The van der Waals surface area contributed by atoms with Crippen molar-refractivity contribution in [2.75, 3.05) is 0 Å². The van der Waals surface area contributed by atoms with Gasteiger partial charge < -0.3 is 5.11 Å². The van der Waals surface area contributed by atoms with Crippen molar-refractivity contribution in [3.8, 4) is 5.75 Å². The Morgan fingerprint density at radius 3 is 1.63 bits per heavy atom. The normalized spacial score (nSPS) is 15.0. The molecule has 3 aromatic carbocycles. The maximum absolute atomic E-state index is 11.0. The highest BCUT2D eigenvalue weighted by Gasteiger charge is 2.19. The highest BCUT2D eigenvalue weighted by atomic mass is 16.3. The lowest BCUT2D eigenvalue weighted by Crippen LogP contribution is -2.07. The van der Waals surface area contributed by atoms with Crippen LogP contribution in [0, 0.1) is 0 Å². The highest BCUT2D eigenvalue weighted by Crippen LogP contribution is 2.37. The summed E-state index contributed by atoms with van der Waals surface area (Å²) in [6.07, 6.45) is 8.15. The summed E-state index contributed by atoms with van der Waals surface area (Å²) in [6.45, 7) is 0. The molecule has 0 aromatic heterocycles. The second kappa shape index (κ2) is 8.43. The van der Waals surface area contributed by atoms with Crippen LogP contribution in [0.2, 0.25) is 0 Å². The lowest BCUT2D eigenvalue weighted by atomic mass is 9.82. The highest BCUT2D eigenvalue weighted by molar-refractivity contribution is 5.48. The zero-order chi connectivity index (χ0) is 18.5. The Kier molecular flexibility index (Phi) is 5.58. The molecular weight excluding hydrogens is 328 g/mol. The van der Waals surface area contributed by atoms with Gasteiger partial charge in [0.1, 0.15) is 5.75 Å². The fourth-order valence-corrected chi connectivity index (χ4v) is 4.36.